The first-order valence-electron chi connectivity index (χ1n) is 8.18. The minimum atomic E-state index is -1.06. The van der Waals surface area contributed by atoms with Crippen LogP contribution in [-0.2, 0) is 9.59 Å². The summed E-state index contributed by atoms with van der Waals surface area (Å²) in [6, 6.07) is 12.0. The standard InChI is InChI=1S/C19H14ClN3O4/c20-10-6-7-12-13(9-15(18(25)26)21-14(12)8-10)16-17(24)23(19(27)22-16)11-4-2-1-3-5-11/h1-8,15,21H,9H2,(H,22,27)(H,25,26)/b16-13-. The molecule has 8 heteroatoms. The second-order valence-electron chi connectivity index (χ2n) is 6.19. The molecule has 2 aromatic carbocycles. The number of hydrogen-bond donors (Lipinski definition) is 3. The molecule has 3 amide bonds. The molecule has 0 bridgehead atoms. The van der Waals surface area contributed by atoms with Crippen LogP contribution in [0.5, 0.6) is 0 Å². The second kappa shape index (κ2) is 6.44. The van der Waals surface area contributed by atoms with E-state index in [4.69, 9.17) is 11.6 Å². The Balaban J connectivity index is 1.83. The first kappa shape index (κ1) is 17.1. The minimum absolute atomic E-state index is 0.0496. The van der Waals surface area contributed by atoms with Crippen LogP contribution in [0, 0.1) is 0 Å². The van der Waals surface area contributed by atoms with Gasteiger partial charge in [-0.15, -0.1) is 0 Å². The number of halogens is 1. The predicted octanol–water partition coefficient (Wildman–Crippen LogP) is 3.08. The molecule has 136 valence electrons. The van der Waals surface area contributed by atoms with Gasteiger partial charge in [0.2, 0.25) is 0 Å². The minimum Gasteiger partial charge on any atom is -0.480 e. The number of rotatable bonds is 2. The van der Waals surface area contributed by atoms with Crippen molar-refractivity contribution in [1.82, 2.24) is 5.32 Å². The maximum atomic E-state index is 13.0. The van der Waals surface area contributed by atoms with E-state index in [0.29, 0.717) is 27.5 Å². The Hall–Kier alpha value is -3.32. The monoisotopic (exact) mass is 383 g/mol. The van der Waals surface area contributed by atoms with Gasteiger partial charge in [-0.05, 0) is 29.8 Å². The predicted molar refractivity (Wildman–Crippen MR) is 100 cm³/mol. The zero-order valence-corrected chi connectivity index (χ0v) is 14.7. The highest BCUT2D eigenvalue weighted by atomic mass is 35.5. The topological polar surface area (TPSA) is 98.7 Å². The van der Waals surface area contributed by atoms with Crippen molar-refractivity contribution in [2.45, 2.75) is 12.5 Å². The van der Waals surface area contributed by atoms with Gasteiger partial charge in [-0.2, -0.15) is 0 Å². The summed E-state index contributed by atoms with van der Waals surface area (Å²) in [4.78, 5) is 38.0. The van der Waals surface area contributed by atoms with Gasteiger partial charge in [0.25, 0.3) is 5.91 Å². The van der Waals surface area contributed by atoms with E-state index in [-0.39, 0.29) is 12.1 Å². The summed E-state index contributed by atoms with van der Waals surface area (Å²) >= 11 is 6.02. The first-order chi connectivity index (χ1) is 13.0. The smallest absolute Gasteiger partial charge is 0.333 e. The maximum absolute atomic E-state index is 13.0. The van der Waals surface area contributed by atoms with Crippen LogP contribution in [0.15, 0.2) is 54.2 Å². The van der Waals surface area contributed by atoms with E-state index in [0.717, 1.165) is 4.90 Å². The van der Waals surface area contributed by atoms with Gasteiger partial charge in [0.15, 0.2) is 0 Å². The number of benzene rings is 2. The molecule has 2 aliphatic heterocycles. The Morgan fingerprint density at radius 3 is 2.59 bits per heavy atom. The normalized spacial score (nSPS) is 21.5. The summed E-state index contributed by atoms with van der Waals surface area (Å²) in [6.07, 6.45) is 0.0496. The highest BCUT2D eigenvalue weighted by Gasteiger charge is 2.39. The lowest BCUT2D eigenvalue weighted by molar-refractivity contribution is -0.137. The molecular formula is C19H14ClN3O4. The third kappa shape index (κ3) is 2.92. The molecule has 2 aliphatic rings. The fourth-order valence-corrected chi connectivity index (χ4v) is 3.45. The van der Waals surface area contributed by atoms with Crippen LogP contribution >= 0.6 is 11.6 Å². The fraction of sp³-hybridized carbons (Fsp3) is 0.105. The first-order valence-corrected chi connectivity index (χ1v) is 8.56. The number of imide groups is 1. The van der Waals surface area contributed by atoms with Crippen LogP contribution in [-0.4, -0.2) is 29.1 Å². The average Bonchev–Trinajstić information content (AvgIpc) is 2.95. The Kier molecular flexibility index (Phi) is 4.08. The molecule has 1 fully saturated rings. The number of aliphatic carboxylic acids is 1. The number of amides is 3. The fourth-order valence-electron chi connectivity index (χ4n) is 3.27. The van der Waals surface area contributed by atoms with Crippen LogP contribution < -0.4 is 15.5 Å². The number of carbonyl (C=O) groups is 3. The highest BCUT2D eigenvalue weighted by Crippen LogP contribution is 2.38. The van der Waals surface area contributed by atoms with Gasteiger partial charge in [0.05, 0.1) is 5.69 Å². The van der Waals surface area contributed by atoms with Crippen molar-refractivity contribution in [3.63, 3.8) is 0 Å². The molecule has 0 aliphatic carbocycles. The van der Waals surface area contributed by atoms with Crippen molar-refractivity contribution in [2.24, 2.45) is 0 Å². The van der Waals surface area contributed by atoms with Crippen LogP contribution in [0.2, 0.25) is 5.02 Å². The van der Waals surface area contributed by atoms with Crippen LogP contribution in [0.1, 0.15) is 12.0 Å². The van der Waals surface area contributed by atoms with E-state index in [1.54, 1.807) is 48.5 Å². The largest absolute Gasteiger partial charge is 0.480 e. The van der Waals surface area contributed by atoms with E-state index in [1.807, 2.05) is 0 Å². The van der Waals surface area contributed by atoms with Crippen molar-refractivity contribution in [3.05, 3.63) is 64.8 Å². The summed E-state index contributed by atoms with van der Waals surface area (Å²) in [6.45, 7) is 0. The summed E-state index contributed by atoms with van der Waals surface area (Å²) in [5.41, 5.74) is 2.12. The van der Waals surface area contributed by atoms with Gasteiger partial charge >= 0.3 is 12.0 Å². The third-order valence-corrected chi connectivity index (χ3v) is 4.75. The van der Waals surface area contributed by atoms with Gasteiger partial charge in [-0.25, -0.2) is 14.5 Å². The van der Waals surface area contributed by atoms with Crippen molar-refractivity contribution in [3.8, 4) is 0 Å². The average molecular weight is 384 g/mol. The zero-order chi connectivity index (χ0) is 19.1. The summed E-state index contributed by atoms with van der Waals surface area (Å²) < 4.78 is 0. The van der Waals surface area contributed by atoms with Crippen LogP contribution in [0.3, 0.4) is 0 Å². The van der Waals surface area contributed by atoms with Gasteiger partial charge < -0.3 is 15.7 Å². The van der Waals surface area contributed by atoms with Gasteiger partial charge in [-0.3, -0.25) is 4.79 Å². The van der Waals surface area contributed by atoms with E-state index in [2.05, 4.69) is 10.6 Å². The molecule has 2 aromatic rings. The Labute approximate surface area is 159 Å². The number of nitrogens with one attached hydrogen (secondary N) is 2. The SMILES string of the molecule is O=C(O)C1C/C(=C2/NC(=O)N(c3ccccc3)C2=O)c2ccc(Cl)cc2N1. The number of urea groups is 1. The zero-order valence-electron chi connectivity index (χ0n) is 13.9. The lowest BCUT2D eigenvalue weighted by Crippen LogP contribution is -2.34. The second-order valence-corrected chi connectivity index (χ2v) is 6.63. The molecule has 27 heavy (non-hydrogen) atoms. The van der Waals surface area contributed by atoms with Gasteiger partial charge in [0.1, 0.15) is 11.7 Å². The molecule has 0 aromatic heterocycles. The van der Waals surface area contributed by atoms with E-state index in [9.17, 15) is 19.5 Å². The summed E-state index contributed by atoms with van der Waals surface area (Å²) in [7, 11) is 0. The number of hydrogen-bond acceptors (Lipinski definition) is 4. The summed E-state index contributed by atoms with van der Waals surface area (Å²) in [5.74, 6) is -1.58. The number of para-hydroxylation sites is 1. The molecule has 1 saturated heterocycles. The lowest BCUT2D eigenvalue weighted by atomic mass is 9.90. The molecular weight excluding hydrogens is 370 g/mol. The quantitative estimate of drug-likeness (QED) is 0.546. The Bertz CT molecular complexity index is 1000. The van der Waals surface area contributed by atoms with Gasteiger partial charge in [0, 0.05) is 22.7 Å². The van der Waals surface area contributed by atoms with Crippen molar-refractivity contribution in [1.29, 1.82) is 0 Å². The molecule has 2 heterocycles. The van der Waals surface area contributed by atoms with E-state index in [1.165, 1.54) is 0 Å². The molecule has 1 unspecified atom stereocenters. The number of anilines is 2. The molecule has 7 nitrogen and oxygen atoms in total. The van der Waals surface area contributed by atoms with Crippen LogP contribution in [0.4, 0.5) is 16.2 Å². The number of fused-ring (bicyclic) bond motifs is 1. The summed E-state index contributed by atoms with van der Waals surface area (Å²) in [5, 5.41) is 15.4. The van der Waals surface area contributed by atoms with Crippen molar-refractivity contribution in [2.75, 3.05) is 10.2 Å². The highest BCUT2D eigenvalue weighted by molar-refractivity contribution is 6.31. The molecule has 3 N–H and O–H groups in total. The number of carbonyl (C=O) groups excluding carboxylic acids is 2. The number of nitrogens with zero attached hydrogens (tertiary/aromatic N) is 1. The van der Waals surface area contributed by atoms with Gasteiger partial charge in [-0.1, -0.05) is 35.9 Å². The third-order valence-electron chi connectivity index (χ3n) is 4.51. The van der Waals surface area contributed by atoms with E-state index < -0.39 is 23.9 Å². The molecule has 4 rings (SSSR count). The molecule has 0 radical (unpaired) electrons. The molecule has 0 saturated carbocycles. The lowest BCUT2D eigenvalue weighted by Gasteiger charge is -2.27. The Morgan fingerprint density at radius 1 is 1.15 bits per heavy atom. The van der Waals surface area contributed by atoms with Crippen molar-refractivity contribution < 1.29 is 19.5 Å². The maximum Gasteiger partial charge on any atom is 0.333 e. The molecule has 1 atom stereocenters. The molecule has 0 spiro atoms. The van der Waals surface area contributed by atoms with Crippen molar-refractivity contribution >= 4 is 46.5 Å². The number of carboxylic acids is 1. The Morgan fingerprint density at radius 2 is 1.89 bits per heavy atom. The van der Waals surface area contributed by atoms with Crippen LogP contribution in [0.25, 0.3) is 5.57 Å². The van der Waals surface area contributed by atoms with E-state index >= 15 is 0 Å². The number of carboxylic acid groups (broad SMARTS) is 1.